The molecule has 1 aliphatic rings. The van der Waals surface area contributed by atoms with Crippen molar-refractivity contribution >= 4 is 11.8 Å². The highest BCUT2D eigenvalue weighted by Crippen LogP contribution is 2.27. The summed E-state index contributed by atoms with van der Waals surface area (Å²) in [6, 6.07) is 0.609. The van der Waals surface area contributed by atoms with Crippen molar-refractivity contribution in [2.45, 2.75) is 38.1 Å². The SMILES string of the molecule is CSCCCC(CN)N(C)CC1CCC1. The van der Waals surface area contributed by atoms with Gasteiger partial charge in [-0.3, -0.25) is 0 Å². The van der Waals surface area contributed by atoms with Gasteiger partial charge in [0, 0.05) is 19.1 Å². The summed E-state index contributed by atoms with van der Waals surface area (Å²) >= 11 is 1.94. The molecule has 0 saturated heterocycles. The molecule has 2 N–H and O–H groups in total. The fourth-order valence-electron chi connectivity index (χ4n) is 2.21. The first-order valence-corrected chi connectivity index (χ1v) is 7.56. The van der Waals surface area contributed by atoms with E-state index >= 15 is 0 Å². The third kappa shape index (κ3) is 4.75. The van der Waals surface area contributed by atoms with Gasteiger partial charge in [-0.05, 0) is 50.7 Å². The van der Waals surface area contributed by atoms with E-state index in [0.717, 1.165) is 12.5 Å². The van der Waals surface area contributed by atoms with Crippen LogP contribution in [0.25, 0.3) is 0 Å². The van der Waals surface area contributed by atoms with Crippen molar-refractivity contribution < 1.29 is 0 Å². The zero-order chi connectivity index (χ0) is 11.1. The first-order chi connectivity index (χ1) is 7.27. The first kappa shape index (κ1) is 13.3. The highest BCUT2D eigenvalue weighted by Gasteiger charge is 2.22. The summed E-state index contributed by atoms with van der Waals surface area (Å²) in [5, 5.41) is 0. The molecule has 3 heteroatoms. The highest BCUT2D eigenvalue weighted by atomic mass is 32.2. The molecule has 15 heavy (non-hydrogen) atoms. The average molecular weight is 230 g/mol. The van der Waals surface area contributed by atoms with Crippen LogP contribution in [0.1, 0.15) is 32.1 Å². The van der Waals surface area contributed by atoms with Crippen LogP contribution in [-0.2, 0) is 0 Å². The van der Waals surface area contributed by atoms with Crippen LogP contribution in [0.4, 0.5) is 0 Å². The summed E-state index contributed by atoms with van der Waals surface area (Å²) in [5.41, 5.74) is 5.84. The maximum Gasteiger partial charge on any atom is 0.0215 e. The predicted octanol–water partition coefficient (Wildman–Crippen LogP) is 2.19. The zero-order valence-electron chi connectivity index (χ0n) is 10.2. The predicted molar refractivity (Wildman–Crippen MR) is 70.4 cm³/mol. The van der Waals surface area contributed by atoms with E-state index in [4.69, 9.17) is 5.73 Å². The number of nitrogens with zero attached hydrogens (tertiary/aromatic N) is 1. The van der Waals surface area contributed by atoms with Gasteiger partial charge in [0.25, 0.3) is 0 Å². The smallest absolute Gasteiger partial charge is 0.0215 e. The van der Waals surface area contributed by atoms with E-state index in [1.165, 1.54) is 44.4 Å². The van der Waals surface area contributed by atoms with E-state index in [0.29, 0.717) is 6.04 Å². The summed E-state index contributed by atoms with van der Waals surface area (Å²) in [6.07, 6.45) is 9.06. The molecule has 0 spiro atoms. The van der Waals surface area contributed by atoms with Gasteiger partial charge in [-0.15, -0.1) is 0 Å². The Morgan fingerprint density at radius 1 is 1.47 bits per heavy atom. The lowest BCUT2D eigenvalue weighted by Crippen LogP contribution is -2.41. The Hall–Kier alpha value is 0.270. The van der Waals surface area contributed by atoms with Gasteiger partial charge in [0.2, 0.25) is 0 Å². The van der Waals surface area contributed by atoms with E-state index in [1.807, 2.05) is 11.8 Å². The molecule has 90 valence electrons. The summed E-state index contributed by atoms with van der Waals surface area (Å²) in [7, 11) is 2.24. The molecule has 0 aliphatic heterocycles. The molecule has 0 aromatic rings. The van der Waals surface area contributed by atoms with Crippen LogP contribution in [0.5, 0.6) is 0 Å². The number of likely N-dealkylation sites (N-methyl/N-ethyl adjacent to an activating group) is 1. The van der Waals surface area contributed by atoms with E-state index < -0.39 is 0 Å². The quantitative estimate of drug-likeness (QED) is 0.648. The van der Waals surface area contributed by atoms with Crippen molar-refractivity contribution in [2.75, 3.05) is 32.1 Å². The third-order valence-electron chi connectivity index (χ3n) is 3.55. The maximum absolute atomic E-state index is 5.84. The minimum Gasteiger partial charge on any atom is -0.329 e. The van der Waals surface area contributed by atoms with Crippen molar-refractivity contribution in [1.82, 2.24) is 4.90 Å². The molecule has 0 radical (unpaired) electrons. The van der Waals surface area contributed by atoms with Gasteiger partial charge < -0.3 is 10.6 Å². The van der Waals surface area contributed by atoms with Gasteiger partial charge in [-0.2, -0.15) is 11.8 Å². The van der Waals surface area contributed by atoms with E-state index in [1.54, 1.807) is 0 Å². The molecule has 2 nitrogen and oxygen atoms in total. The Morgan fingerprint density at radius 2 is 2.20 bits per heavy atom. The molecule has 1 unspecified atom stereocenters. The van der Waals surface area contributed by atoms with Crippen LogP contribution in [0.2, 0.25) is 0 Å². The molecule has 1 saturated carbocycles. The third-order valence-corrected chi connectivity index (χ3v) is 4.25. The van der Waals surface area contributed by atoms with E-state index in [2.05, 4.69) is 18.2 Å². The Bertz CT molecular complexity index is 160. The second-order valence-corrected chi connectivity index (χ2v) is 5.75. The summed E-state index contributed by atoms with van der Waals surface area (Å²) in [4.78, 5) is 2.49. The zero-order valence-corrected chi connectivity index (χ0v) is 11.1. The fraction of sp³-hybridized carbons (Fsp3) is 1.00. The second-order valence-electron chi connectivity index (χ2n) is 4.76. The van der Waals surface area contributed by atoms with Gasteiger partial charge in [0.05, 0.1) is 0 Å². The average Bonchev–Trinajstić information content (AvgIpc) is 2.18. The molecule has 1 atom stereocenters. The summed E-state index contributed by atoms with van der Waals surface area (Å²) in [5.74, 6) is 2.23. The molecule has 0 amide bonds. The minimum atomic E-state index is 0.609. The van der Waals surface area contributed by atoms with Crippen molar-refractivity contribution in [1.29, 1.82) is 0 Å². The van der Waals surface area contributed by atoms with Crippen LogP contribution in [-0.4, -0.2) is 43.1 Å². The molecular weight excluding hydrogens is 204 g/mol. The molecule has 0 bridgehead atoms. The van der Waals surface area contributed by atoms with Crippen molar-refractivity contribution in [2.24, 2.45) is 11.7 Å². The van der Waals surface area contributed by atoms with E-state index in [9.17, 15) is 0 Å². The summed E-state index contributed by atoms with van der Waals surface area (Å²) < 4.78 is 0. The lowest BCUT2D eigenvalue weighted by atomic mass is 9.85. The van der Waals surface area contributed by atoms with Crippen LogP contribution in [0, 0.1) is 5.92 Å². The van der Waals surface area contributed by atoms with Crippen LogP contribution >= 0.6 is 11.8 Å². The van der Waals surface area contributed by atoms with Gasteiger partial charge in [-0.25, -0.2) is 0 Å². The Labute approximate surface area is 99.0 Å². The highest BCUT2D eigenvalue weighted by molar-refractivity contribution is 7.98. The van der Waals surface area contributed by atoms with Crippen molar-refractivity contribution in [3.63, 3.8) is 0 Å². The molecule has 1 aliphatic carbocycles. The van der Waals surface area contributed by atoms with Crippen molar-refractivity contribution in [3.05, 3.63) is 0 Å². The number of hydrogen-bond acceptors (Lipinski definition) is 3. The van der Waals surface area contributed by atoms with Gasteiger partial charge in [0.15, 0.2) is 0 Å². The number of thioether (sulfide) groups is 1. The molecule has 0 aromatic carbocycles. The molecule has 0 heterocycles. The molecular formula is C12H26N2S. The van der Waals surface area contributed by atoms with E-state index in [-0.39, 0.29) is 0 Å². The molecule has 1 fully saturated rings. The van der Waals surface area contributed by atoms with Crippen molar-refractivity contribution in [3.8, 4) is 0 Å². The van der Waals surface area contributed by atoms with Gasteiger partial charge >= 0.3 is 0 Å². The molecule has 0 aromatic heterocycles. The minimum absolute atomic E-state index is 0.609. The molecule has 1 rings (SSSR count). The maximum atomic E-state index is 5.84. The van der Waals surface area contributed by atoms with Crippen LogP contribution in [0.15, 0.2) is 0 Å². The van der Waals surface area contributed by atoms with Gasteiger partial charge in [0.1, 0.15) is 0 Å². The first-order valence-electron chi connectivity index (χ1n) is 6.17. The number of rotatable bonds is 8. The number of hydrogen-bond donors (Lipinski definition) is 1. The number of nitrogens with two attached hydrogens (primary N) is 1. The lowest BCUT2D eigenvalue weighted by molar-refractivity contribution is 0.158. The standard InChI is InChI=1S/C12H26N2S/c1-14(10-11-5-3-6-11)12(9-13)7-4-8-15-2/h11-12H,3-10,13H2,1-2H3. The Kier molecular flexibility index (Phi) is 6.69. The van der Waals surface area contributed by atoms with Gasteiger partial charge in [-0.1, -0.05) is 6.42 Å². The monoisotopic (exact) mass is 230 g/mol. The van der Waals surface area contributed by atoms with Crippen LogP contribution in [0.3, 0.4) is 0 Å². The normalized spacial score (nSPS) is 19.2. The topological polar surface area (TPSA) is 29.3 Å². The van der Waals surface area contributed by atoms with Crippen LogP contribution < -0.4 is 5.73 Å². The second kappa shape index (κ2) is 7.53. The Morgan fingerprint density at radius 3 is 2.67 bits per heavy atom. The summed E-state index contributed by atoms with van der Waals surface area (Å²) in [6.45, 7) is 2.08. The largest absolute Gasteiger partial charge is 0.329 e. The Balaban J connectivity index is 2.16. The fourth-order valence-corrected chi connectivity index (χ4v) is 2.67. The lowest BCUT2D eigenvalue weighted by Gasteiger charge is -2.34.